The first-order chi connectivity index (χ1) is 12.2. The fourth-order valence-corrected chi connectivity index (χ4v) is 2.09. The van der Waals surface area contributed by atoms with E-state index < -0.39 is 0 Å². The maximum atomic E-state index is 5.98. The van der Waals surface area contributed by atoms with Gasteiger partial charge in [0.1, 0.15) is 0 Å². The van der Waals surface area contributed by atoms with Crippen molar-refractivity contribution in [3.05, 3.63) is 48.2 Å². The molecular weight excluding hydrogens is 443 g/mol. The minimum Gasteiger partial charge on any atom is -0.490 e. The molecule has 7 heteroatoms. The lowest BCUT2D eigenvalue weighted by molar-refractivity contribution is 0.300. The number of ether oxygens (including phenoxy) is 2. The minimum atomic E-state index is 0. The van der Waals surface area contributed by atoms with Crippen molar-refractivity contribution in [3.63, 3.8) is 0 Å². The zero-order valence-corrected chi connectivity index (χ0v) is 17.6. The quantitative estimate of drug-likeness (QED) is 0.328. The number of aromatic nitrogens is 1. The predicted octanol–water partition coefficient (Wildman–Crippen LogP) is 4.10. The number of rotatable bonds is 9. The first kappa shape index (κ1) is 22.0. The summed E-state index contributed by atoms with van der Waals surface area (Å²) in [7, 11) is 0. The molecular formula is C19H27IN4O2. The van der Waals surface area contributed by atoms with Gasteiger partial charge < -0.3 is 20.5 Å². The molecule has 0 saturated carbocycles. The molecule has 1 heterocycles. The van der Waals surface area contributed by atoms with Crippen LogP contribution < -0.4 is 20.5 Å². The number of para-hydroxylation sites is 2. The van der Waals surface area contributed by atoms with Crippen LogP contribution in [0.4, 0.5) is 0 Å². The van der Waals surface area contributed by atoms with Gasteiger partial charge in [0.25, 0.3) is 0 Å². The molecule has 0 bridgehead atoms. The maximum Gasteiger partial charge on any atom is 0.224 e. The van der Waals surface area contributed by atoms with Crippen LogP contribution in [-0.2, 0) is 6.54 Å². The summed E-state index contributed by atoms with van der Waals surface area (Å²) in [5, 5.41) is 3.05. The summed E-state index contributed by atoms with van der Waals surface area (Å²) >= 11 is 0. The third-order valence-corrected chi connectivity index (χ3v) is 3.34. The first-order valence-corrected chi connectivity index (χ1v) is 8.62. The molecule has 6 nitrogen and oxygen atoms in total. The molecule has 1 aromatic heterocycles. The Morgan fingerprint density at radius 3 is 2.62 bits per heavy atom. The number of nitrogens with one attached hydrogen (secondary N) is 1. The minimum absolute atomic E-state index is 0. The fraction of sp³-hybridized carbons (Fsp3) is 0.368. The standard InChI is InChI=1S/C19H26N4O2.HI/c1-3-11-22-19(20)23-14-15-8-7-12-21-18(15)25-17-10-6-5-9-16(17)24-13-4-2;/h5-10,12H,3-4,11,13-14H2,1-2H3,(H3,20,22,23);1H. The van der Waals surface area contributed by atoms with E-state index in [-0.39, 0.29) is 24.0 Å². The number of hydrogen-bond acceptors (Lipinski definition) is 4. The molecule has 3 N–H and O–H groups in total. The second-order valence-electron chi connectivity index (χ2n) is 5.49. The number of nitrogens with two attached hydrogens (primary N) is 1. The van der Waals surface area contributed by atoms with Crippen molar-refractivity contribution < 1.29 is 9.47 Å². The van der Waals surface area contributed by atoms with E-state index in [2.05, 4.69) is 29.1 Å². The molecule has 0 spiro atoms. The average molecular weight is 470 g/mol. The van der Waals surface area contributed by atoms with Gasteiger partial charge in [-0.25, -0.2) is 9.98 Å². The third kappa shape index (κ3) is 7.07. The zero-order valence-electron chi connectivity index (χ0n) is 15.3. The second-order valence-corrected chi connectivity index (χ2v) is 5.49. The summed E-state index contributed by atoms with van der Waals surface area (Å²) in [6.45, 7) is 5.97. The van der Waals surface area contributed by atoms with E-state index in [9.17, 15) is 0 Å². The highest BCUT2D eigenvalue weighted by Gasteiger charge is 2.10. The van der Waals surface area contributed by atoms with Gasteiger partial charge in [-0.15, -0.1) is 24.0 Å². The Labute approximate surface area is 172 Å². The molecule has 1 aromatic carbocycles. The van der Waals surface area contributed by atoms with Crippen LogP contribution in [0.5, 0.6) is 17.4 Å². The van der Waals surface area contributed by atoms with Crippen molar-refractivity contribution in [1.29, 1.82) is 0 Å². The third-order valence-electron chi connectivity index (χ3n) is 3.34. The number of aliphatic imine (C=N–C) groups is 1. The monoisotopic (exact) mass is 470 g/mol. The lowest BCUT2D eigenvalue weighted by Crippen LogP contribution is -2.32. The summed E-state index contributed by atoms with van der Waals surface area (Å²) in [5.41, 5.74) is 6.70. The van der Waals surface area contributed by atoms with E-state index in [1.54, 1.807) is 6.20 Å². The molecule has 0 unspecified atom stereocenters. The van der Waals surface area contributed by atoms with Crippen LogP contribution in [0.15, 0.2) is 47.6 Å². The molecule has 0 aliphatic carbocycles. The van der Waals surface area contributed by atoms with E-state index in [4.69, 9.17) is 15.2 Å². The van der Waals surface area contributed by atoms with Gasteiger partial charge in [-0.05, 0) is 31.0 Å². The summed E-state index contributed by atoms with van der Waals surface area (Å²) in [6, 6.07) is 11.4. The van der Waals surface area contributed by atoms with Crippen molar-refractivity contribution in [2.75, 3.05) is 13.2 Å². The van der Waals surface area contributed by atoms with Gasteiger partial charge in [0.05, 0.1) is 13.2 Å². The van der Waals surface area contributed by atoms with Gasteiger partial charge in [0, 0.05) is 18.3 Å². The molecule has 0 saturated heterocycles. The van der Waals surface area contributed by atoms with E-state index >= 15 is 0 Å². The molecule has 0 amide bonds. The lowest BCUT2D eigenvalue weighted by Gasteiger charge is -2.13. The average Bonchev–Trinajstić information content (AvgIpc) is 2.65. The highest BCUT2D eigenvalue weighted by Crippen LogP contribution is 2.32. The van der Waals surface area contributed by atoms with Crippen LogP contribution in [-0.4, -0.2) is 24.1 Å². The first-order valence-electron chi connectivity index (χ1n) is 8.62. The van der Waals surface area contributed by atoms with Crippen LogP contribution in [0, 0.1) is 0 Å². The van der Waals surface area contributed by atoms with Crippen molar-refractivity contribution in [2.24, 2.45) is 10.7 Å². The van der Waals surface area contributed by atoms with Crippen LogP contribution >= 0.6 is 24.0 Å². The van der Waals surface area contributed by atoms with Gasteiger partial charge in [0.2, 0.25) is 5.88 Å². The van der Waals surface area contributed by atoms with Gasteiger partial charge in [-0.1, -0.05) is 32.0 Å². The van der Waals surface area contributed by atoms with Crippen LogP contribution in [0.3, 0.4) is 0 Å². The molecule has 142 valence electrons. The molecule has 2 aromatic rings. The fourth-order valence-electron chi connectivity index (χ4n) is 2.09. The molecule has 0 aliphatic heterocycles. The SMILES string of the molecule is CCCNC(N)=NCc1cccnc1Oc1ccccc1OCCC.I. The Balaban J connectivity index is 0.00000338. The van der Waals surface area contributed by atoms with Crippen LogP contribution in [0.2, 0.25) is 0 Å². The van der Waals surface area contributed by atoms with Crippen molar-refractivity contribution >= 4 is 29.9 Å². The highest BCUT2D eigenvalue weighted by atomic mass is 127. The second kappa shape index (κ2) is 12.3. The van der Waals surface area contributed by atoms with E-state index in [0.29, 0.717) is 36.5 Å². The molecule has 0 fully saturated rings. The molecule has 0 radical (unpaired) electrons. The van der Waals surface area contributed by atoms with Gasteiger partial charge in [-0.3, -0.25) is 0 Å². The van der Waals surface area contributed by atoms with Crippen LogP contribution in [0.25, 0.3) is 0 Å². The van der Waals surface area contributed by atoms with Gasteiger partial charge in [-0.2, -0.15) is 0 Å². The number of hydrogen-bond donors (Lipinski definition) is 2. The van der Waals surface area contributed by atoms with Crippen molar-refractivity contribution in [2.45, 2.75) is 33.2 Å². The Kier molecular flexibility index (Phi) is 10.5. The number of nitrogens with zero attached hydrogens (tertiary/aromatic N) is 2. The number of halogens is 1. The van der Waals surface area contributed by atoms with E-state index in [1.165, 1.54) is 0 Å². The van der Waals surface area contributed by atoms with Crippen molar-refractivity contribution in [1.82, 2.24) is 10.3 Å². The highest BCUT2D eigenvalue weighted by molar-refractivity contribution is 14.0. The Hall–Kier alpha value is -2.03. The molecule has 0 aliphatic rings. The zero-order chi connectivity index (χ0) is 17.9. The summed E-state index contributed by atoms with van der Waals surface area (Å²) in [5.74, 6) is 2.26. The Morgan fingerprint density at radius 1 is 1.12 bits per heavy atom. The number of guanidine groups is 1. The van der Waals surface area contributed by atoms with E-state index in [0.717, 1.165) is 24.9 Å². The number of benzene rings is 1. The molecule has 26 heavy (non-hydrogen) atoms. The Morgan fingerprint density at radius 2 is 1.88 bits per heavy atom. The lowest BCUT2D eigenvalue weighted by atomic mass is 10.2. The number of pyridine rings is 1. The summed E-state index contributed by atoms with van der Waals surface area (Å²) in [6.07, 6.45) is 3.62. The normalized spacial score (nSPS) is 10.8. The molecule has 2 rings (SSSR count). The van der Waals surface area contributed by atoms with Crippen LogP contribution in [0.1, 0.15) is 32.3 Å². The predicted molar refractivity (Wildman–Crippen MR) is 116 cm³/mol. The Bertz CT molecular complexity index is 695. The smallest absolute Gasteiger partial charge is 0.224 e. The maximum absolute atomic E-state index is 5.98. The largest absolute Gasteiger partial charge is 0.490 e. The van der Waals surface area contributed by atoms with E-state index in [1.807, 2.05) is 36.4 Å². The molecule has 0 atom stereocenters. The summed E-state index contributed by atoms with van der Waals surface area (Å²) in [4.78, 5) is 8.67. The van der Waals surface area contributed by atoms with Crippen molar-refractivity contribution in [3.8, 4) is 17.4 Å². The topological polar surface area (TPSA) is 81.8 Å². The van der Waals surface area contributed by atoms with Gasteiger partial charge in [0.15, 0.2) is 17.5 Å². The van der Waals surface area contributed by atoms with Gasteiger partial charge >= 0.3 is 0 Å². The summed E-state index contributed by atoms with van der Waals surface area (Å²) < 4.78 is 11.7.